The molecular formula is C22H22O6. The highest BCUT2D eigenvalue weighted by atomic mass is 16.6. The van der Waals surface area contributed by atoms with E-state index in [0.29, 0.717) is 11.5 Å². The molecule has 0 heterocycles. The Kier molecular flexibility index (Phi) is 5.99. The minimum absolute atomic E-state index is 0.198. The van der Waals surface area contributed by atoms with Crippen molar-refractivity contribution in [1.82, 2.24) is 0 Å². The van der Waals surface area contributed by atoms with Crippen LogP contribution in [0.2, 0.25) is 0 Å². The van der Waals surface area contributed by atoms with E-state index in [1.165, 1.54) is 14.2 Å². The number of carbonyl (C=O) groups is 2. The molecule has 0 saturated carbocycles. The summed E-state index contributed by atoms with van der Waals surface area (Å²) >= 11 is 0. The van der Waals surface area contributed by atoms with Crippen molar-refractivity contribution in [3.05, 3.63) is 48.0 Å². The Morgan fingerprint density at radius 3 is 1.86 bits per heavy atom. The molecule has 146 valence electrons. The number of benzene rings is 3. The number of hydrogen-bond acceptors (Lipinski definition) is 6. The third-order valence-corrected chi connectivity index (χ3v) is 4.54. The highest BCUT2D eigenvalue weighted by Crippen LogP contribution is 2.44. The first-order valence-corrected chi connectivity index (χ1v) is 8.96. The molecule has 0 saturated heterocycles. The molecule has 0 amide bonds. The average Bonchev–Trinajstić information content (AvgIpc) is 2.74. The molecule has 0 radical (unpaired) electrons. The predicted octanol–water partition coefficient (Wildman–Crippen LogP) is 3.66. The Balaban J connectivity index is 2.28. The van der Waals surface area contributed by atoms with Crippen LogP contribution in [0.4, 0.5) is 0 Å². The second kappa shape index (κ2) is 8.61. The number of carbonyl (C=O) groups excluding carboxylic acids is 2. The lowest BCUT2D eigenvalue weighted by atomic mass is 9.96. The average molecular weight is 382 g/mol. The van der Waals surface area contributed by atoms with Crippen molar-refractivity contribution in [1.29, 1.82) is 0 Å². The quantitative estimate of drug-likeness (QED) is 0.459. The van der Waals surface area contributed by atoms with Gasteiger partial charge in [-0.2, -0.15) is 0 Å². The van der Waals surface area contributed by atoms with E-state index in [1.54, 1.807) is 0 Å². The smallest absolute Gasteiger partial charge is 0.343 e. The molecule has 0 fully saturated rings. The SMILES string of the molecule is CCc1cccc2c(OCC(=O)OC)c3ccccc3c(OCC(=O)OC)c12. The third-order valence-electron chi connectivity index (χ3n) is 4.54. The zero-order valence-electron chi connectivity index (χ0n) is 16.1. The largest absolute Gasteiger partial charge is 0.481 e. The van der Waals surface area contributed by atoms with Crippen molar-refractivity contribution in [2.24, 2.45) is 0 Å². The Bertz CT molecular complexity index is 1020. The molecule has 0 atom stereocenters. The normalized spacial score (nSPS) is 10.7. The minimum Gasteiger partial charge on any atom is -0.481 e. The van der Waals surface area contributed by atoms with Gasteiger partial charge in [0, 0.05) is 21.5 Å². The van der Waals surface area contributed by atoms with E-state index in [0.717, 1.165) is 33.5 Å². The molecular weight excluding hydrogens is 360 g/mol. The molecule has 0 bridgehead atoms. The molecule has 3 aromatic carbocycles. The van der Waals surface area contributed by atoms with Crippen molar-refractivity contribution < 1.29 is 28.5 Å². The van der Waals surface area contributed by atoms with Crippen molar-refractivity contribution in [3.8, 4) is 11.5 Å². The van der Waals surface area contributed by atoms with Crippen molar-refractivity contribution in [2.45, 2.75) is 13.3 Å². The Morgan fingerprint density at radius 1 is 0.750 bits per heavy atom. The van der Waals surface area contributed by atoms with E-state index in [2.05, 4.69) is 0 Å². The van der Waals surface area contributed by atoms with Gasteiger partial charge in [0.1, 0.15) is 11.5 Å². The van der Waals surface area contributed by atoms with E-state index in [4.69, 9.17) is 18.9 Å². The van der Waals surface area contributed by atoms with Gasteiger partial charge in [-0.05, 0) is 12.0 Å². The second-order valence-electron chi connectivity index (χ2n) is 6.13. The van der Waals surface area contributed by atoms with E-state index in [1.807, 2.05) is 49.4 Å². The molecule has 0 aliphatic heterocycles. The molecule has 0 aliphatic rings. The van der Waals surface area contributed by atoms with Gasteiger partial charge in [-0.15, -0.1) is 0 Å². The summed E-state index contributed by atoms with van der Waals surface area (Å²) in [5.74, 6) is 0.253. The molecule has 6 nitrogen and oxygen atoms in total. The first-order chi connectivity index (χ1) is 13.6. The standard InChI is InChI=1S/C22H22O6/c1-4-14-8-7-11-17-20(14)22(28-13-19(24)26-3)16-10-6-5-9-15(16)21(17)27-12-18(23)25-2/h5-11H,4,12-13H2,1-3H3. The number of rotatable bonds is 7. The predicted molar refractivity (Wildman–Crippen MR) is 106 cm³/mol. The summed E-state index contributed by atoms with van der Waals surface area (Å²) in [6, 6.07) is 13.4. The van der Waals surface area contributed by atoms with E-state index < -0.39 is 11.9 Å². The highest BCUT2D eigenvalue weighted by Gasteiger charge is 2.19. The van der Waals surface area contributed by atoms with Gasteiger partial charge in [0.2, 0.25) is 0 Å². The summed E-state index contributed by atoms with van der Waals surface area (Å²) in [6.07, 6.45) is 0.765. The lowest BCUT2D eigenvalue weighted by Crippen LogP contribution is -2.14. The summed E-state index contributed by atoms with van der Waals surface area (Å²) in [6.45, 7) is 1.65. The first kappa shape index (κ1) is 19.5. The van der Waals surface area contributed by atoms with Crippen LogP contribution in [0.1, 0.15) is 12.5 Å². The monoisotopic (exact) mass is 382 g/mol. The van der Waals surface area contributed by atoms with Gasteiger partial charge in [-0.1, -0.05) is 49.4 Å². The fourth-order valence-electron chi connectivity index (χ4n) is 3.20. The molecule has 28 heavy (non-hydrogen) atoms. The van der Waals surface area contributed by atoms with E-state index in [-0.39, 0.29) is 13.2 Å². The molecule has 3 rings (SSSR count). The summed E-state index contributed by atoms with van der Waals surface area (Å²) in [7, 11) is 2.64. The first-order valence-electron chi connectivity index (χ1n) is 8.96. The number of methoxy groups -OCH3 is 2. The molecule has 6 heteroatoms. The van der Waals surface area contributed by atoms with Crippen LogP contribution in [0.25, 0.3) is 21.5 Å². The third kappa shape index (κ3) is 3.71. The van der Waals surface area contributed by atoms with Crippen LogP contribution in [0.3, 0.4) is 0 Å². The molecule has 3 aromatic rings. The Labute approximate surface area is 162 Å². The lowest BCUT2D eigenvalue weighted by Gasteiger charge is -2.19. The molecule has 0 unspecified atom stereocenters. The Morgan fingerprint density at radius 2 is 1.29 bits per heavy atom. The van der Waals surface area contributed by atoms with Crippen LogP contribution in [-0.4, -0.2) is 39.4 Å². The zero-order chi connectivity index (χ0) is 20.1. The fourth-order valence-corrected chi connectivity index (χ4v) is 3.20. The van der Waals surface area contributed by atoms with E-state index >= 15 is 0 Å². The van der Waals surface area contributed by atoms with Gasteiger partial charge in [-0.3, -0.25) is 0 Å². The second-order valence-corrected chi connectivity index (χ2v) is 6.13. The maximum Gasteiger partial charge on any atom is 0.343 e. The topological polar surface area (TPSA) is 71.1 Å². The summed E-state index contributed by atoms with van der Waals surface area (Å²) in [4.78, 5) is 23.3. The number of hydrogen-bond donors (Lipinski definition) is 0. The van der Waals surface area contributed by atoms with Crippen molar-refractivity contribution >= 4 is 33.5 Å². The highest BCUT2D eigenvalue weighted by molar-refractivity contribution is 6.12. The molecule has 0 aliphatic carbocycles. The Hall–Kier alpha value is -3.28. The minimum atomic E-state index is -0.463. The summed E-state index contributed by atoms with van der Waals surface area (Å²) in [5, 5.41) is 3.24. The maximum absolute atomic E-state index is 11.7. The van der Waals surface area contributed by atoms with Gasteiger partial charge >= 0.3 is 11.9 Å². The van der Waals surface area contributed by atoms with Crippen molar-refractivity contribution in [2.75, 3.05) is 27.4 Å². The van der Waals surface area contributed by atoms with Gasteiger partial charge in [0.25, 0.3) is 0 Å². The van der Waals surface area contributed by atoms with E-state index in [9.17, 15) is 9.59 Å². The van der Waals surface area contributed by atoms with Crippen LogP contribution in [-0.2, 0) is 25.5 Å². The molecule has 0 spiro atoms. The van der Waals surface area contributed by atoms with Crippen molar-refractivity contribution in [3.63, 3.8) is 0 Å². The number of fused-ring (bicyclic) bond motifs is 2. The van der Waals surface area contributed by atoms with Crippen LogP contribution < -0.4 is 9.47 Å². The summed E-state index contributed by atoms with van der Waals surface area (Å²) in [5.41, 5.74) is 1.05. The van der Waals surface area contributed by atoms with Crippen LogP contribution in [0, 0.1) is 0 Å². The fraction of sp³-hybridized carbons (Fsp3) is 0.273. The number of ether oxygens (including phenoxy) is 4. The number of aryl methyl sites for hydroxylation is 1. The van der Waals surface area contributed by atoms with Gasteiger partial charge in [0.15, 0.2) is 13.2 Å². The van der Waals surface area contributed by atoms with Gasteiger partial charge < -0.3 is 18.9 Å². The zero-order valence-corrected chi connectivity index (χ0v) is 16.1. The van der Waals surface area contributed by atoms with Crippen LogP contribution in [0.15, 0.2) is 42.5 Å². The van der Waals surface area contributed by atoms with Crippen LogP contribution >= 0.6 is 0 Å². The lowest BCUT2D eigenvalue weighted by molar-refractivity contribution is -0.143. The molecule has 0 N–H and O–H groups in total. The molecule has 0 aromatic heterocycles. The maximum atomic E-state index is 11.7. The van der Waals surface area contributed by atoms with Crippen LogP contribution in [0.5, 0.6) is 11.5 Å². The van der Waals surface area contributed by atoms with Gasteiger partial charge in [-0.25, -0.2) is 9.59 Å². The van der Waals surface area contributed by atoms with Gasteiger partial charge in [0.05, 0.1) is 14.2 Å². The summed E-state index contributed by atoms with van der Waals surface area (Å²) < 4.78 is 21.2. The number of esters is 2.